The van der Waals surface area contributed by atoms with Crippen LogP contribution in [-0.4, -0.2) is 183 Å². The molecular weight excluding hydrogens is 644 g/mol. The third-order valence-corrected chi connectivity index (χ3v) is 8.46. The van der Waals surface area contributed by atoms with E-state index in [9.17, 15) is 54.7 Å². The molecule has 0 radical (unpaired) electrons. The minimum atomic E-state index is -3.32. The Morgan fingerprint density at radius 2 is 1.36 bits per heavy atom. The maximum atomic E-state index is 14.0. The molecule has 0 spiro atoms. The van der Waals surface area contributed by atoms with Gasteiger partial charge in [-0.05, 0) is 20.3 Å². The van der Waals surface area contributed by atoms with E-state index in [1.807, 2.05) is 0 Å². The first-order chi connectivity index (χ1) is 22.1. The predicted octanol–water partition coefficient (Wildman–Crippen LogP) is -3.96. The topological polar surface area (TPSA) is 273 Å². The zero-order valence-corrected chi connectivity index (χ0v) is 26.5. The monoisotopic (exact) mass is 695 g/mol. The van der Waals surface area contributed by atoms with Gasteiger partial charge in [-0.3, -0.25) is 0 Å². The average Bonchev–Trinajstić information content (AvgIpc) is 3.03. The first-order valence-electron chi connectivity index (χ1n) is 15.7. The summed E-state index contributed by atoms with van der Waals surface area (Å²) >= 11 is 0. The number of aliphatic hydroxyl groups is 9. The molecule has 0 amide bonds. The van der Waals surface area contributed by atoms with E-state index in [2.05, 4.69) is 0 Å². The van der Waals surface area contributed by atoms with Crippen molar-refractivity contribution >= 4 is 0 Å². The van der Waals surface area contributed by atoms with Crippen molar-refractivity contribution in [1.29, 1.82) is 0 Å². The fourth-order valence-corrected chi connectivity index (χ4v) is 5.88. The number of nitrogens with two attached hydrogens (primary N) is 1. The Kier molecular flexibility index (Phi) is 15.0. The van der Waals surface area contributed by atoms with Gasteiger partial charge in [0.2, 0.25) is 0 Å². The van der Waals surface area contributed by atoms with Gasteiger partial charge in [0.15, 0.2) is 24.5 Å². The van der Waals surface area contributed by atoms with Gasteiger partial charge in [-0.1, -0.05) is 13.3 Å². The molecule has 3 heterocycles. The molecule has 15 atom stereocenters. The molecule has 11 N–H and O–H groups in total. The average molecular weight is 696 g/mol. The fourth-order valence-electron chi connectivity index (χ4n) is 5.88. The van der Waals surface area contributed by atoms with Crippen LogP contribution in [0, 0.1) is 0 Å². The number of halogens is 2. The molecule has 3 fully saturated rings. The molecule has 0 aromatic heterocycles. The zero-order chi connectivity index (χ0) is 35.3. The molecule has 0 aliphatic carbocycles. The van der Waals surface area contributed by atoms with Crippen LogP contribution in [0.4, 0.5) is 8.78 Å². The molecule has 3 rings (SSSR count). The van der Waals surface area contributed by atoms with Gasteiger partial charge in [-0.25, -0.2) is 8.78 Å². The summed E-state index contributed by atoms with van der Waals surface area (Å²) in [6.07, 6.45) is -25.0. The molecule has 3 aliphatic heterocycles. The SMILES string of the molecule is CCCC1(O[C@H]2OC(CO)[C@@H](O)C(O)C2O[C@@H]2O[C@H](CO)[C@@H](O)C(OC(C)C)C2O)C(O)[C@H](O)C(CO)O[C@@H]1OCCC(F)(F)CN. The van der Waals surface area contributed by atoms with Crippen LogP contribution in [0.1, 0.15) is 40.0 Å². The summed E-state index contributed by atoms with van der Waals surface area (Å²) in [7, 11) is 0. The smallest absolute Gasteiger partial charge is 0.262 e. The maximum Gasteiger partial charge on any atom is 0.262 e. The van der Waals surface area contributed by atoms with Crippen molar-refractivity contribution in [3.63, 3.8) is 0 Å². The normalized spacial score (nSPS) is 43.4. The van der Waals surface area contributed by atoms with Crippen LogP contribution in [0.3, 0.4) is 0 Å². The van der Waals surface area contributed by atoms with Gasteiger partial charge < -0.3 is 84.9 Å². The second kappa shape index (κ2) is 17.4. The van der Waals surface area contributed by atoms with Crippen LogP contribution in [-0.2, 0) is 33.2 Å². The second-order valence-corrected chi connectivity index (χ2v) is 12.3. The Hall–Kier alpha value is -0.820. The second-order valence-electron chi connectivity index (χ2n) is 12.3. The Balaban J connectivity index is 2.01. The summed E-state index contributed by atoms with van der Waals surface area (Å²) in [5.74, 6) is -3.32. The highest BCUT2D eigenvalue weighted by molar-refractivity contribution is 5.04. The van der Waals surface area contributed by atoms with Crippen LogP contribution in [0.25, 0.3) is 0 Å². The lowest BCUT2D eigenvalue weighted by molar-refractivity contribution is -0.420. The lowest BCUT2D eigenvalue weighted by Crippen LogP contribution is -2.71. The predicted molar refractivity (Wildman–Crippen MR) is 151 cm³/mol. The Morgan fingerprint density at radius 3 is 1.91 bits per heavy atom. The fraction of sp³-hybridized carbons (Fsp3) is 1.00. The minimum absolute atomic E-state index is 0.192. The first kappa shape index (κ1) is 40.6. The van der Waals surface area contributed by atoms with Gasteiger partial charge in [0.05, 0.1) is 39.1 Å². The standard InChI is InChI=1S/C28H51F2NO16/c1-4-5-28(23(40)18(37)15(10-34)45-26(28)41-7-6-27(29,30)11-31)47-25-22(19(38)16(35)13(8-32)44-25)46-24-20(39)21(42-12(2)3)17(36)14(9-33)43-24/h12-26,32-40H,4-11,31H2,1-3H3/t13?,14-,15?,16-,17-,18-,19?,20?,21?,22?,23?,24+,25-,26+,28?/m1/s1. The van der Waals surface area contributed by atoms with E-state index in [1.54, 1.807) is 20.8 Å². The number of alkyl halides is 2. The number of aliphatic hydroxyl groups excluding tert-OH is 9. The zero-order valence-electron chi connectivity index (χ0n) is 26.5. The summed E-state index contributed by atoms with van der Waals surface area (Å²) in [5.41, 5.74) is 2.94. The molecule has 0 saturated carbocycles. The third kappa shape index (κ3) is 9.11. The van der Waals surface area contributed by atoms with E-state index in [0.717, 1.165) is 0 Å². The van der Waals surface area contributed by atoms with E-state index >= 15 is 0 Å². The summed E-state index contributed by atoms with van der Waals surface area (Å²) in [5, 5.41) is 95.3. The molecule has 0 bridgehead atoms. The Bertz CT molecular complexity index is 943. The molecule has 0 aromatic carbocycles. The number of rotatable bonds is 16. The first-order valence-corrected chi connectivity index (χ1v) is 15.7. The van der Waals surface area contributed by atoms with Crippen LogP contribution >= 0.6 is 0 Å². The highest BCUT2D eigenvalue weighted by atomic mass is 19.3. The highest BCUT2D eigenvalue weighted by Gasteiger charge is 2.61. The van der Waals surface area contributed by atoms with Crippen molar-refractivity contribution in [2.75, 3.05) is 33.0 Å². The quantitative estimate of drug-likeness (QED) is 0.0738. The van der Waals surface area contributed by atoms with Gasteiger partial charge in [0.25, 0.3) is 5.92 Å². The molecular formula is C28H51F2NO16. The van der Waals surface area contributed by atoms with Gasteiger partial charge >= 0.3 is 0 Å². The van der Waals surface area contributed by atoms with Crippen LogP contribution < -0.4 is 5.73 Å². The van der Waals surface area contributed by atoms with Gasteiger partial charge in [0.1, 0.15) is 67.1 Å². The molecule has 17 nitrogen and oxygen atoms in total. The van der Waals surface area contributed by atoms with Crippen molar-refractivity contribution in [2.24, 2.45) is 5.73 Å². The number of hydrogen-bond acceptors (Lipinski definition) is 17. The Morgan fingerprint density at radius 1 is 0.787 bits per heavy atom. The van der Waals surface area contributed by atoms with Gasteiger partial charge in [-0.15, -0.1) is 0 Å². The minimum Gasteiger partial charge on any atom is -0.394 e. The van der Waals surface area contributed by atoms with Crippen molar-refractivity contribution in [3.8, 4) is 0 Å². The van der Waals surface area contributed by atoms with Crippen molar-refractivity contribution in [1.82, 2.24) is 0 Å². The van der Waals surface area contributed by atoms with E-state index in [0.29, 0.717) is 0 Å². The van der Waals surface area contributed by atoms with E-state index < -0.39 is 143 Å². The summed E-state index contributed by atoms with van der Waals surface area (Å²) in [6.45, 7) is 0.847. The van der Waals surface area contributed by atoms with Crippen LogP contribution in [0.15, 0.2) is 0 Å². The van der Waals surface area contributed by atoms with Crippen molar-refractivity contribution < 1.29 is 87.9 Å². The van der Waals surface area contributed by atoms with E-state index in [1.165, 1.54) is 0 Å². The largest absolute Gasteiger partial charge is 0.394 e. The molecule has 278 valence electrons. The van der Waals surface area contributed by atoms with E-state index in [4.69, 9.17) is 38.9 Å². The lowest BCUT2D eigenvalue weighted by Gasteiger charge is -2.54. The summed E-state index contributed by atoms with van der Waals surface area (Å²) in [6, 6.07) is 0. The molecule has 47 heavy (non-hydrogen) atoms. The molecule has 8 unspecified atom stereocenters. The van der Waals surface area contributed by atoms with Crippen LogP contribution in [0.5, 0.6) is 0 Å². The third-order valence-electron chi connectivity index (χ3n) is 8.46. The van der Waals surface area contributed by atoms with E-state index in [-0.39, 0.29) is 12.8 Å². The summed E-state index contributed by atoms with van der Waals surface area (Å²) in [4.78, 5) is 0. The van der Waals surface area contributed by atoms with Crippen LogP contribution in [0.2, 0.25) is 0 Å². The van der Waals surface area contributed by atoms with Gasteiger partial charge in [0, 0.05) is 6.42 Å². The van der Waals surface area contributed by atoms with Gasteiger partial charge in [-0.2, -0.15) is 0 Å². The lowest BCUT2D eigenvalue weighted by atomic mass is 9.82. The molecule has 19 heteroatoms. The summed E-state index contributed by atoms with van der Waals surface area (Å²) < 4.78 is 68.2. The molecule has 3 aliphatic rings. The highest BCUT2D eigenvalue weighted by Crippen LogP contribution is 2.42. The van der Waals surface area contributed by atoms with Crippen molar-refractivity contribution in [2.45, 2.75) is 144 Å². The molecule has 3 saturated heterocycles. The Labute approximate surface area is 270 Å². The number of hydrogen-bond donors (Lipinski definition) is 10. The van der Waals surface area contributed by atoms with Crippen molar-refractivity contribution in [3.05, 3.63) is 0 Å². The number of ether oxygens (including phenoxy) is 7. The maximum absolute atomic E-state index is 14.0. The molecule has 0 aromatic rings.